The van der Waals surface area contributed by atoms with E-state index in [0.29, 0.717) is 31.6 Å². The zero-order valence-electron chi connectivity index (χ0n) is 11.2. The van der Waals surface area contributed by atoms with Gasteiger partial charge in [-0.3, -0.25) is 0 Å². The topological polar surface area (TPSA) is 49.4 Å². The Kier molecular flexibility index (Phi) is 4.06. The summed E-state index contributed by atoms with van der Waals surface area (Å²) < 4.78 is 53.6. The van der Waals surface area contributed by atoms with E-state index in [2.05, 4.69) is 21.2 Å². The van der Waals surface area contributed by atoms with E-state index in [1.807, 2.05) is 0 Å². The van der Waals surface area contributed by atoms with Gasteiger partial charge in [-0.2, -0.15) is 4.31 Å². The van der Waals surface area contributed by atoms with Gasteiger partial charge in [0, 0.05) is 31.2 Å². The highest BCUT2D eigenvalue weighted by Gasteiger charge is 2.36. The van der Waals surface area contributed by atoms with Gasteiger partial charge in [0.2, 0.25) is 10.0 Å². The van der Waals surface area contributed by atoms with E-state index >= 15 is 0 Å². The highest BCUT2D eigenvalue weighted by atomic mass is 79.9. The Balaban J connectivity index is 1.95. The molecule has 1 aromatic carbocycles. The van der Waals surface area contributed by atoms with Crippen molar-refractivity contribution in [2.45, 2.75) is 36.2 Å². The Labute approximate surface area is 130 Å². The fourth-order valence-corrected chi connectivity index (χ4v) is 5.04. The molecule has 8 heteroatoms. The largest absolute Gasteiger partial charge is 0.310 e. The predicted molar refractivity (Wildman–Crippen MR) is 77.4 cm³/mol. The van der Waals surface area contributed by atoms with Crippen LogP contribution < -0.4 is 5.32 Å². The second-order valence-corrected chi connectivity index (χ2v) is 8.25. The zero-order valence-corrected chi connectivity index (χ0v) is 13.6. The lowest BCUT2D eigenvalue weighted by Crippen LogP contribution is -2.39. The number of sulfonamides is 1. The van der Waals surface area contributed by atoms with Crippen molar-refractivity contribution in [3.8, 4) is 0 Å². The smallest absolute Gasteiger partial charge is 0.246 e. The number of fused-ring (bicyclic) bond motifs is 2. The molecule has 0 saturated carbocycles. The zero-order chi connectivity index (χ0) is 15.2. The van der Waals surface area contributed by atoms with Crippen molar-refractivity contribution in [1.82, 2.24) is 9.62 Å². The Morgan fingerprint density at radius 2 is 1.86 bits per heavy atom. The van der Waals surface area contributed by atoms with E-state index < -0.39 is 26.6 Å². The number of halogens is 3. The van der Waals surface area contributed by atoms with E-state index in [9.17, 15) is 17.2 Å². The normalized spacial score (nSPS) is 26.8. The minimum absolute atomic E-state index is 0.0584. The third kappa shape index (κ3) is 2.86. The fourth-order valence-electron chi connectivity index (χ4n) is 2.97. The van der Waals surface area contributed by atoms with Crippen molar-refractivity contribution in [1.29, 1.82) is 0 Å². The molecule has 2 fully saturated rings. The molecule has 2 bridgehead atoms. The summed E-state index contributed by atoms with van der Waals surface area (Å²) in [6.07, 6.45) is 2.68. The van der Waals surface area contributed by atoms with Gasteiger partial charge in [-0.05, 0) is 41.3 Å². The molecule has 21 heavy (non-hydrogen) atoms. The van der Waals surface area contributed by atoms with Crippen LogP contribution in [-0.2, 0) is 10.0 Å². The molecule has 0 aliphatic carbocycles. The summed E-state index contributed by atoms with van der Waals surface area (Å²) in [6, 6.07) is 2.04. The van der Waals surface area contributed by atoms with Crippen molar-refractivity contribution < 1.29 is 17.2 Å². The van der Waals surface area contributed by atoms with Gasteiger partial charge in [-0.15, -0.1) is 0 Å². The van der Waals surface area contributed by atoms with Crippen LogP contribution in [0.4, 0.5) is 8.78 Å². The SMILES string of the molecule is O=S(=O)(c1cc(Br)c(F)cc1F)N1CCC2CCC(C1)N2. The molecule has 2 saturated heterocycles. The second-order valence-electron chi connectivity index (χ2n) is 5.49. The summed E-state index contributed by atoms with van der Waals surface area (Å²) in [5.41, 5.74) is 0. The number of nitrogens with zero attached hydrogens (tertiary/aromatic N) is 1. The van der Waals surface area contributed by atoms with E-state index in [0.717, 1.165) is 18.9 Å². The average Bonchev–Trinajstić information content (AvgIpc) is 2.72. The molecule has 2 unspecified atom stereocenters. The van der Waals surface area contributed by atoms with Gasteiger partial charge in [0.05, 0.1) is 4.47 Å². The molecule has 0 aromatic heterocycles. The Bertz CT molecular complexity index is 668. The number of benzene rings is 1. The summed E-state index contributed by atoms with van der Waals surface area (Å²) in [7, 11) is -3.96. The molecule has 1 N–H and O–H groups in total. The molecule has 4 nitrogen and oxygen atoms in total. The summed E-state index contributed by atoms with van der Waals surface area (Å²) in [5.74, 6) is -1.87. The lowest BCUT2D eigenvalue weighted by atomic mass is 10.1. The third-order valence-corrected chi connectivity index (χ3v) is 6.57. The van der Waals surface area contributed by atoms with Crippen molar-refractivity contribution in [2.75, 3.05) is 13.1 Å². The molecule has 2 aliphatic rings. The maximum absolute atomic E-state index is 13.9. The average molecular weight is 381 g/mol. The van der Waals surface area contributed by atoms with E-state index in [-0.39, 0.29) is 10.5 Å². The molecule has 116 valence electrons. The lowest BCUT2D eigenvalue weighted by molar-refractivity contribution is 0.380. The number of nitrogens with one attached hydrogen (secondary N) is 1. The van der Waals surface area contributed by atoms with Gasteiger partial charge >= 0.3 is 0 Å². The second kappa shape index (κ2) is 5.57. The van der Waals surface area contributed by atoms with E-state index in [4.69, 9.17) is 0 Å². The molecular weight excluding hydrogens is 366 g/mol. The molecule has 3 rings (SSSR count). The van der Waals surface area contributed by atoms with Crippen molar-refractivity contribution >= 4 is 26.0 Å². The monoisotopic (exact) mass is 380 g/mol. The quantitative estimate of drug-likeness (QED) is 0.800. The van der Waals surface area contributed by atoms with Crippen LogP contribution in [0.25, 0.3) is 0 Å². The molecule has 0 spiro atoms. The first kappa shape index (κ1) is 15.3. The Morgan fingerprint density at radius 3 is 2.62 bits per heavy atom. The van der Waals surface area contributed by atoms with Gasteiger partial charge in [0.25, 0.3) is 0 Å². The van der Waals surface area contributed by atoms with Crippen LogP contribution in [-0.4, -0.2) is 37.9 Å². The van der Waals surface area contributed by atoms with Crippen LogP contribution in [0.3, 0.4) is 0 Å². The number of hydrogen-bond donors (Lipinski definition) is 1. The van der Waals surface area contributed by atoms with Gasteiger partial charge in [0.15, 0.2) is 0 Å². The standard InChI is InChI=1S/C13H15BrF2N2O2S/c14-10-5-13(12(16)6-11(10)15)21(19,20)18-4-3-8-1-2-9(7-18)17-8/h5-6,8-9,17H,1-4,7H2. The minimum Gasteiger partial charge on any atom is -0.310 e. The molecular formula is C13H15BrF2N2O2S. The first-order chi connectivity index (χ1) is 9.88. The molecule has 0 amide bonds. The number of hydrogen-bond acceptors (Lipinski definition) is 3. The van der Waals surface area contributed by atoms with E-state index in [1.54, 1.807) is 0 Å². The number of rotatable bonds is 2. The molecule has 2 heterocycles. The summed E-state index contributed by atoms with van der Waals surface area (Å²) in [4.78, 5) is -0.478. The molecule has 2 aliphatic heterocycles. The maximum Gasteiger partial charge on any atom is 0.246 e. The fraction of sp³-hybridized carbons (Fsp3) is 0.538. The lowest BCUT2D eigenvalue weighted by Gasteiger charge is -2.24. The predicted octanol–water partition coefficient (Wildman–Crippen LogP) is 2.24. The Morgan fingerprint density at radius 1 is 1.14 bits per heavy atom. The van der Waals surface area contributed by atoms with Crippen LogP contribution in [0.5, 0.6) is 0 Å². The van der Waals surface area contributed by atoms with Crippen molar-refractivity contribution in [3.05, 3.63) is 28.2 Å². The highest BCUT2D eigenvalue weighted by molar-refractivity contribution is 9.10. The summed E-state index contributed by atoms with van der Waals surface area (Å²) in [6.45, 7) is 0.679. The molecule has 2 atom stereocenters. The minimum atomic E-state index is -3.96. The Hall–Kier alpha value is -0.570. The van der Waals surface area contributed by atoms with Crippen LogP contribution >= 0.6 is 15.9 Å². The van der Waals surface area contributed by atoms with Gasteiger partial charge in [-0.25, -0.2) is 17.2 Å². The van der Waals surface area contributed by atoms with Crippen LogP contribution in [0, 0.1) is 11.6 Å². The third-order valence-electron chi connectivity index (χ3n) is 4.08. The van der Waals surface area contributed by atoms with Gasteiger partial charge < -0.3 is 5.32 Å². The summed E-state index contributed by atoms with van der Waals surface area (Å²) in [5, 5.41) is 3.37. The van der Waals surface area contributed by atoms with Gasteiger partial charge in [0.1, 0.15) is 16.5 Å². The van der Waals surface area contributed by atoms with Gasteiger partial charge in [-0.1, -0.05) is 0 Å². The van der Waals surface area contributed by atoms with E-state index in [1.165, 1.54) is 4.31 Å². The summed E-state index contributed by atoms with van der Waals surface area (Å²) >= 11 is 2.91. The van der Waals surface area contributed by atoms with Crippen molar-refractivity contribution in [2.24, 2.45) is 0 Å². The first-order valence-electron chi connectivity index (χ1n) is 6.78. The van der Waals surface area contributed by atoms with Crippen LogP contribution in [0.1, 0.15) is 19.3 Å². The first-order valence-corrected chi connectivity index (χ1v) is 9.02. The highest BCUT2D eigenvalue weighted by Crippen LogP contribution is 2.29. The van der Waals surface area contributed by atoms with Crippen LogP contribution in [0.15, 0.2) is 21.5 Å². The molecule has 0 radical (unpaired) electrons. The van der Waals surface area contributed by atoms with Crippen molar-refractivity contribution in [3.63, 3.8) is 0 Å². The maximum atomic E-state index is 13.9. The molecule has 1 aromatic rings. The van der Waals surface area contributed by atoms with Crippen LogP contribution in [0.2, 0.25) is 0 Å².